The summed E-state index contributed by atoms with van der Waals surface area (Å²) >= 11 is 3.36. The van der Waals surface area contributed by atoms with Crippen molar-refractivity contribution in [1.82, 2.24) is 5.43 Å². The van der Waals surface area contributed by atoms with E-state index in [1.807, 2.05) is 35.2 Å². The van der Waals surface area contributed by atoms with Gasteiger partial charge in [-0.15, -0.1) is 0 Å². The Kier molecular flexibility index (Phi) is 5.82. The van der Waals surface area contributed by atoms with Gasteiger partial charge in [0.25, 0.3) is 5.91 Å². The molecule has 0 radical (unpaired) electrons. The number of carbonyl (C=O) groups is 1. The maximum atomic E-state index is 13.0. The SMILES string of the molecule is O=C(N/N=C/c1ccc(Br)cc1)c1ccc2c(c1)CN(c1cccc(C(F)(F)F)c1)C2. The van der Waals surface area contributed by atoms with Crippen molar-refractivity contribution in [2.45, 2.75) is 19.3 Å². The first-order chi connectivity index (χ1) is 14.8. The van der Waals surface area contributed by atoms with E-state index < -0.39 is 11.7 Å². The molecule has 0 spiro atoms. The first-order valence-electron chi connectivity index (χ1n) is 9.42. The molecule has 3 aromatic rings. The van der Waals surface area contributed by atoms with Gasteiger partial charge in [-0.2, -0.15) is 18.3 Å². The van der Waals surface area contributed by atoms with Crippen LogP contribution in [-0.4, -0.2) is 12.1 Å². The minimum atomic E-state index is -4.38. The van der Waals surface area contributed by atoms with Crippen LogP contribution in [0, 0.1) is 0 Å². The lowest BCUT2D eigenvalue weighted by Crippen LogP contribution is -2.18. The van der Waals surface area contributed by atoms with Crippen LogP contribution < -0.4 is 10.3 Å². The fourth-order valence-corrected chi connectivity index (χ4v) is 3.64. The lowest BCUT2D eigenvalue weighted by molar-refractivity contribution is -0.137. The van der Waals surface area contributed by atoms with E-state index in [1.165, 1.54) is 6.07 Å². The Morgan fingerprint density at radius 1 is 1.00 bits per heavy atom. The molecule has 31 heavy (non-hydrogen) atoms. The molecule has 1 N–H and O–H groups in total. The number of alkyl halides is 3. The van der Waals surface area contributed by atoms with Gasteiger partial charge in [0.05, 0.1) is 11.8 Å². The molecule has 158 valence electrons. The van der Waals surface area contributed by atoms with Crippen molar-refractivity contribution in [2.75, 3.05) is 4.90 Å². The van der Waals surface area contributed by atoms with E-state index in [9.17, 15) is 18.0 Å². The molecule has 0 atom stereocenters. The summed E-state index contributed by atoms with van der Waals surface area (Å²) < 4.78 is 40.0. The van der Waals surface area contributed by atoms with Crippen molar-refractivity contribution in [3.63, 3.8) is 0 Å². The molecule has 1 aliphatic heterocycles. The summed E-state index contributed by atoms with van der Waals surface area (Å²) in [7, 11) is 0. The number of carbonyl (C=O) groups excluding carboxylic acids is 1. The smallest absolute Gasteiger partial charge is 0.363 e. The summed E-state index contributed by atoms with van der Waals surface area (Å²) in [5, 5.41) is 3.98. The quantitative estimate of drug-likeness (QED) is 0.376. The van der Waals surface area contributed by atoms with Gasteiger partial charge in [0.15, 0.2) is 0 Å². The van der Waals surface area contributed by atoms with E-state index in [4.69, 9.17) is 0 Å². The summed E-state index contributed by atoms with van der Waals surface area (Å²) in [6.45, 7) is 0.917. The minimum absolute atomic E-state index is 0.353. The molecule has 0 aliphatic carbocycles. The number of hydrazone groups is 1. The van der Waals surface area contributed by atoms with Crippen molar-refractivity contribution in [2.24, 2.45) is 5.10 Å². The second kappa shape index (κ2) is 8.55. The number of fused-ring (bicyclic) bond motifs is 1. The summed E-state index contributed by atoms with van der Waals surface area (Å²) in [6.07, 6.45) is -2.84. The van der Waals surface area contributed by atoms with Gasteiger partial charge >= 0.3 is 6.18 Å². The molecule has 4 nitrogen and oxygen atoms in total. The van der Waals surface area contributed by atoms with E-state index in [0.29, 0.717) is 24.3 Å². The second-order valence-electron chi connectivity index (χ2n) is 7.14. The number of halogens is 4. The number of nitrogens with zero attached hydrogens (tertiary/aromatic N) is 2. The third-order valence-electron chi connectivity index (χ3n) is 4.98. The predicted octanol–water partition coefficient (Wildman–Crippen LogP) is 5.75. The lowest BCUT2D eigenvalue weighted by atomic mass is 10.1. The Morgan fingerprint density at radius 3 is 2.48 bits per heavy atom. The highest BCUT2D eigenvalue weighted by Gasteiger charge is 2.31. The van der Waals surface area contributed by atoms with Crippen LogP contribution in [0.25, 0.3) is 0 Å². The third kappa shape index (κ3) is 4.96. The Morgan fingerprint density at radius 2 is 1.74 bits per heavy atom. The zero-order valence-electron chi connectivity index (χ0n) is 16.2. The number of nitrogens with one attached hydrogen (secondary N) is 1. The first kappa shape index (κ1) is 21.1. The Labute approximate surface area is 185 Å². The zero-order chi connectivity index (χ0) is 22.0. The van der Waals surface area contributed by atoms with Gasteiger partial charge in [0, 0.05) is 28.8 Å². The van der Waals surface area contributed by atoms with E-state index in [-0.39, 0.29) is 5.91 Å². The molecule has 0 saturated carbocycles. The van der Waals surface area contributed by atoms with Crippen LogP contribution in [0.1, 0.15) is 32.6 Å². The Balaban J connectivity index is 1.44. The van der Waals surface area contributed by atoms with Crippen LogP contribution in [0.4, 0.5) is 18.9 Å². The van der Waals surface area contributed by atoms with Crippen molar-refractivity contribution in [1.29, 1.82) is 0 Å². The molecule has 0 bridgehead atoms. The number of hydrogen-bond acceptors (Lipinski definition) is 3. The molecule has 3 aromatic carbocycles. The molecule has 1 heterocycles. The number of amides is 1. The van der Waals surface area contributed by atoms with Crippen molar-refractivity contribution >= 4 is 33.7 Å². The lowest BCUT2D eigenvalue weighted by Gasteiger charge is -2.19. The number of hydrogen-bond donors (Lipinski definition) is 1. The molecule has 4 rings (SSSR count). The maximum absolute atomic E-state index is 13.0. The van der Waals surface area contributed by atoms with Gasteiger partial charge in [-0.05, 0) is 59.2 Å². The van der Waals surface area contributed by atoms with E-state index in [0.717, 1.165) is 33.3 Å². The van der Waals surface area contributed by atoms with Crippen molar-refractivity contribution < 1.29 is 18.0 Å². The van der Waals surface area contributed by atoms with Crippen molar-refractivity contribution in [3.8, 4) is 0 Å². The Bertz CT molecular complexity index is 1140. The summed E-state index contributed by atoms with van der Waals surface area (Å²) in [5.74, 6) is -0.353. The van der Waals surface area contributed by atoms with Gasteiger partial charge in [0.1, 0.15) is 0 Å². The van der Waals surface area contributed by atoms with Crippen LogP contribution in [0.3, 0.4) is 0 Å². The van der Waals surface area contributed by atoms with E-state index in [1.54, 1.807) is 24.4 Å². The largest absolute Gasteiger partial charge is 0.416 e. The molecular formula is C23H17BrF3N3O. The molecule has 1 amide bonds. The van der Waals surface area contributed by atoms with Crippen LogP contribution in [-0.2, 0) is 19.3 Å². The van der Waals surface area contributed by atoms with Crippen molar-refractivity contribution in [3.05, 3.63) is 99.0 Å². The van der Waals surface area contributed by atoms with E-state index in [2.05, 4.69) is 26.5 Å². The maximum Gasteiger partial charge on any atom is 0.416 e. The van der Waals surface area contributed by atoms with Gasteiger partial charge in [-0.25, -0.2) is 5.43 Å². The van der Waals surface area contributed by atoms with Crippen LogP contribution >= 0.6 is 15.9 Å². The topological polar surface area (TPSA) is 44.7 Å². The Hall–Kier alpha value is -3.13. The molecule has 8 heteroatoms. The average Bonchev–Trinajstić information content (AvgIpc) is 3.18. The highest BCUT2D eigenvalue weighted by molar-refractivity contribution is 9.10. The van der Waals surface area contributed by atoms with Gasteiger partial charge in [0.2, 0.25) is 0 Å². The molecule has 1 aliphatic rings. The molecular weight excluding hydrogens is 471 g/mol. The average molecular weight is 488 g/mol. The fourth-order valence-electron chi connectivity index (χ4n) is 3.38. The van der Waals surface area contributed by atoms with Gasteiger partial charge in [-0.1, -0.05) is 40.2 Å². The van der Waals surface area contributed by atoms with Crippen LogP contribution in [0.5, 0.6) is 0 Å². The highest BCUT2D eigenvalue weighted by Crippen LogP contribution is 2.34. The standard InChI is InChI=1S/C23H17BrF3N3O/c24-20-8-4-15(5-9-20)12-28-29-22(31)16-6-7-17-13-30(14-18(17)10-16)21-3-1-2-19(11-21)23(25,26)27/h1-12H,13-14H2,(H,29,31)/b28-12+. The normalized spacial score (nSPS) is 13.5. The predicted molar refractivity (Wildman–Crippen MR) is 117 cm³/mol. The summed E-state index contributed by atoms with van der Waals surface area (Å²) in [4.78, 5) is 14.3. The number of benzene rings is 3. The fraction of sp³-hybridized carbons (Fsp3) is 0.130. The summed E-state index contributed by atoms with van der Waals surface area (Å²) in [6, 6.07) is 18.0. The number of rotatable bonds is 4. The monoisotopic (exact) mass is 487 g/mol. The van der Waals surface area contributed by atoms with E-state index >= 15 is 0 Å². The summed E-state index contributed by atoms with van der Waals surface area (Å²) in [5.41, 5.74) is 5.49. The first-order valence-corrected chi connectivity index (χ1v) is 10.2. The molecule has 0 unspecified atom stereocenters. The van der Waals surface area contributed by atoms with Crippen LogP contribution in [0.2, 0.25) is 0 Å². The number of anilines is 1. The minimum Gasteiger partial charge on any atom is -0.363 e. The third-order valence-corrected chi connectivity index (χ3v) is 5.51. The molecule has 0 saturated heterocycles. The van der Waals surface area contributed by atoms with Gasteiger partial charge < -0.3 is 4.90 Å². The molecule has 0 fully saturated rings. The highest BCUT2D eigenvalue weighted by atomic mass is 79.9. The van der Waals surface area contributed by atoms with Gasteiger partial charge in [-0.3, -0.25) is 4.79 Å². The second-order valence-corrected chi connectivity index (χ2v) is 8.05. The molecule has 0 aromatic heterocycles. The zero-order valence-corrected chi connectivity index (χ0v) is 17.7. The van der Waals surface area contributed by atoms with Crippen LogP contribution in [0.15, 0.2) is 76.3 Å².